The van der Waals surface area contributed by atoms with Crippen LogP contribution >= 0.6 is 0 Å². The summed E-state index contributed by atoms with van der Waals surface area (Å²) in [6.07, 6.45) is 6.39. The molecule has 2 aromatic heterocycles. The van der Waals surface area contributed by atoms with Crippen molar-refractivity contribution < 1.29 is 9.32 Å². The van der Waals surface area contributed by atoms with Crippen LogP contribution in [0.4, 0.5) is 0 Å². The normalized spacial score (nSPS) is 16.2. The summed E-state index contributed by atoms with van der Waals surface area (Å²) in [5.41, 5.74) is -0.0684. The second-order valence-corrected chi connectivity index (χ2v) is 7.34. The molecule has 0 aliphatic heterocycles. The number of aromatic nitrogens is 4. The second-order valence-electron chi connectivity index (χ2n) is 7.34. The van der Waals surface area contributed by atoms with E-state index in [1.165, 1.54) is 10.9 Å². The monoisotopic (exact) mass is 381 g/mol. The van der Waals surface area contributed by atoms with Gasteiger partial charge in [-0.1, -0.05) is 36.6 Å². The highest BCUT2D eigenvalue weighted by Crippen LogP contribution is 2.35. The molecule has 0 spiro atoms. The average molecular weight is 381 g/mol. The number of fused-ring (bicyclic) bond motifs is 1. The molecular weight excluding hydrogens is 358 g/mol. The van der Waals surface area contributed by atoms with Gasteiger partial charge < -0.3 is 9.84 Å². The highest BCUT2D eigenvalue weighted by atomic mass is 16.5. The van der Waals surface area contributed by atoms with E-state index in [4.69, 9.17) is 4.52 Å². The average Bonchev–Trinajstić information content (AvgIpc) is 3.15. The maximum absolute atomic E-state index is 12.7. The van der Waals surface area contributed by atoms with Crippen LogP contribution in [-0.4, -0.2) is 25.6 Å². The van der Waals surface area contributed by atoms with Crippen LogP contribution in [0.3, 0.4) is 0 Å². The number of para-hydroxylation sites is 1. The minimum atomic E-state index is -0.584. The van der Waals surface area contributed by atoms with E-state index in [-0.39, 0.29) is 24.4 Å². The Hall–Kier alpha value is -3.03. The molecular formula is C20H23N5O3. The van der Waals surface area contributed by atoms with Crippen LogP contribution in [0.5, 0.6) is 0 Å². The maximum Gasteiger partial charge on any atom is 0.261 e. The molecule has 8 nitrogen and oxygen atoms in total. The van der Waals surface area contributed by atoms with Crippen molar-refractivity contribution >= 4 is 16.8 Å². The van der Waals surface area contributed by atoms with Gasteiger partial charge in [-0.05, 0) is 25.0 Å². The summed E-state index contributed by atoms with van der Waals surface area (Å²) in [5.74, 6) is 0.898. The van der Waals surface area contributed by atoms with Crippen molar-refractivity contribution in [2.75, 3.05) is 0 Å². The van der Waals surface area contributed by atoms with Gasteiger partial charge >= 0.3 is 0 Å². The summed E-state index contributed by atoms with van der Waals surface area (Å²) in [4.78, 5) is 34.0. The summed E-state index contributed by atoms with van der Waals surface area (Å²) in [5, 5.41) is 7.75. The number of nitrogens with one attached hydrogen (secondary N) is 1. The number of carbonyl (C=O) groups excluding carboxylic acids is 1. The van der Waals surface area contributed by atoms with Crippen LogP contribution in [0, 0.1) is 6.92 Å². The Balaban J connectivity index is 1.49. The number of benzene rings is 1. The van der Waals surface area contributed by atoms with E-state index in [1.807, 2.05) is 12.1 Å². The highest BCUT2D eigenvalue weighted by Gasteiger charge is 2.39. The molecule has 1 saturated carbocycles. The van der Waals surface area contributed by atoms with Gasteiger partial charge in [0.15, 0.2) is 5.82 Å². The number of carbonyl (C=O) groups is 1. The molecule has 1 fully saturated rings. The van der Waals surface area contributed by atoms with Gasteiger partial charge in [0.2, 0.25) is 11.8 Å². The first-order chi connectivity index (χ1) is 13.6. The van der Waals surface area contributed by atoms with Crippen LogP contribution in [0.25, 0.3) is 10.9 Å². The van der Waals surface area contributed by atoms with E-state index in [0.717, 1.165) is 32.1 Å². The lowest BCUT2D eigenvalue weighted by Gasteiger charge is -2.35. The molecule has 2 heterocycles. The first-order valence-corrected chi connectivity index (χ1v) is 9.63. The standard InChI is InChI=1S/C20H23N5O3/c1-14-22-19(24-28-14)20(10-5-2-6-11-20)23-17(26)9-12-25-13-21-16-8-4-3-7-15(16)18(25)27/h3-4,7-8,13H,2,5-6,9-12H2,1H3,(H,23,26). The predicted molar refractivity (Wildman–Crippen MR) is 103 cm³/mol. The third kappa shape index (κ3) is 3.54. The molecule has 0 saturated heterocycles. The van der Waals surface area contributed by atoms with Gasteiger partial charge in [-0.2, -0.15) is 4.98 Å². The van der Waals surface area contributed by atoms with Crippen molar-refractivity contribution in [3.63, 3.8) is 0 Å². The van der Waals surface area contributed by atoms with Crippen LogP contribution in [0.15, 0.2) is 39.9 Å². The molecule has 3 aromatic rings. The molecule has 1 aromatic carbocycles. The minimum absolute atomic E-state index is 0.135. The van der Waals surface area contributed by atoms with E-state index < -0.39 is 5.54 Å². The molecule has 1 aliphatic rings. The van der Waals surface area contributed by atoms with Gasteiger partial charge in [0.25, 0.3) is 5.56 Å². The quantitative estimate of drug-likeness (QED) is 0.728. The zero-order valence-electron chi connectivity index (χ0n) is 15.9. The molecule has 0 unspecified atom stereocenters. The lowest BCUT2D eigenvalue weighted by molar-refractivity contribution is -0.124. The molecule has 8 heteroatoms. The Bertz CT molecular complexity index is 1050. The zero-order chi connectivity index (χ0) is 19.6. The van der Waals surface area contributed by atoms with Gasteiger partial charge in [-0.15, -0.1) is 0 Å². The molecule has 1 amide bonds. The Kier molecular flexibility index (Phi) is 4.93. The van der Waals surface area contributed by atoms with E-state index in [0.29, 0.717) is 22.6 Å². The van der Waals surface area contributed by atoms with Gasteiger partial charge in [0, 0.05) is 19.9 Å². The number of nitrogens with zero attached hydrogens (tertiary/aromatic N) is 4. The van der Waals surface area contributed by atoms with Crippen LogP contribution in [-0.2, 0) is 16.9 Å². The van der Waals surface area contributed by atoms with Crippen LogP contribution < -0.4 is 10.9 Å². The summed E-state index contributed by atoms with van der Waals surface area (Å²) >= 11 is 0. The first-order valence-electron chi connectivity index (χ1n) is 9.63. The fourth-order valence-electron chi connectivity index (χ4n) is 3.87. The van der Waals surface area contributed by atoms with Crippen molar-refractivity contribution in [1.82, 2.24) is 25.0 Å². The number of rotatable bonds is 5. The molecule has 1 N–H and O–H groups in total. The van der Waals surface area contributed by atoms with Crippen molar-refractivity contribution in [2.24, 2.45) is 0 Å². The fraction of sp³-hybridized carbons (Fsp3) is 0.450. The van der Waals surface area contributed by atoms with Crippen molar-refractivity contribution in [1.29, 1.82) is 0 Å². The van der Waals surface area contributed by atoms with E-state index in [2.05, 4.69) is 20.4 Å². The lowest BCUT2D eigenvalue weighted by Crippen LogP contribution is -2.48. The number of aryl methyl sites for hydroxylation is 2. The fourth-order valence-corrected chi connectivity index (χ4v) is 3.87. The summed E-state index contributed by atoms with van der Waals surface area (Å²) < 4.78 is 6.62. The smallest absolute Gasteiger partial charge is 0.261 e. The predicted octanol–water partition coefficient (Wildman–Crippen LogP) is 2.45. The van der Waals surface area contributed by atoms with Gasteiger partial charge in [-0.25, -0.2) is 4.98 Å². The Labute approximate surface area is 162 Å². The minimum Gasteiger partial charge on any atom is -0.343 e. The summed E-state index contributed by atoms with van der Waals surface area (Å²) in [6, 6.07) is 7.20. The molecule has 0 bridgehead atoms. The third-order valence-corrected chi connectivity index (χ3v) is 5.35. The van der Waals surface area contributed by atoms with Crippen LogP contribution in [0.1, 0.15) is 50.2 Å². The zero-order valence-corrected chi connectivity index (χ0v) is 15.9. The molecule has 28 heavy (non-hydrogen) atoms. The summed E-state index contributed by atoms with van der Waals surface area (Å²) in [6.45, 7) is 2.01. The topological polar surface area (TPSA) is 103 Å². The van der Waals surface area contributed by atoms with E-state index in [9.17, 15) is 9.59 Å². The summed E-state index contributed by atoms with van der Waals surface area (Å²) in [7, 11) is 0. The SMILES string of the molecule is Cc1nc(C2(NC(=O)CCn3cnc4ccccc4c3=O)CCCCC2)no1. The Morgan fingerprint density at radius 2 is 2.04 bits per heavy atom. The van der Waals surface area contributed by atoms with Crippen molar-refractivity contribution in [3.05, 3.63) is 52.7 Å². The second kappa shape index (κ2) is 7.53. The highest BCUT2D eigenvalue weighted by molar-refractivity contribution is 5.78. The van der Waals surface area contributed by atoms with Gasteiger partial charge in [0.1, 0.15) is 5.54 Å². The maximum atomic E-state index is 12.7. The molecule has 0 radical (unpaired) electrons. The van der Waals surface area contributed by atoms with E-state index in [1.54, 1.807) is 19.1 Å². The molecule has 1 aliphatic carbocycles. The largest absolute Gasteiger partial charge is 0.343 e. The van der Waals surface area contributed by atoms with Crippen molar-refractivity contribution in [2.45, 2.75) is 57.5 Å². The van der Waals surface area contributed by atoms with Gasteiger partial charge in [0.05, 0.1) is 17.2 Å². The van der Waals surface area contributed by atoms with Gasteiger partial charge in [-0.3, -0.25) is 14.2 Å². The molecule has 146 valence electrons. The lowest BCUT2D eigenvalue weighted by atomic mass is 9.81. The Morgan fingerprint density at radius 3 is 2.79 bits per heavy atom. The number of amides is 1. The number of hydrogen-bond donors (Lipinski definition) is 1. The number of hydrogen-bond acceptors (Lipinski definition) is 6. The Morgan fingerprint density at radius 1 is 1.25 bits per heavy atom. The molecule has 0 atom stereocenters. The van der Waals surface area contributed by atoms with Crippen molar-refractivity contribution in [3.8, 4) is 0 Å². The molecule has 4 rings (SSSR count). The third-order valence-electron chi connectivity index (χ3n) is 5.35. The van der Waals surface area contributed by atoms with E-state index >= 15 is 0 Å². The van der Waals surface area contributed by atoms with Crippen LogP contribution in [0.2, 0.25) is 0 Å². The first kappa shape index (κ1) is 18.3.